The van der Waals surface area contributed by atoms with Gasteiger partial charge in [-0.2, -0.15) is 0 Å². The normalized spacial score (nSPS) is 7.67. The van der Waals surface area contributed by atoms with Gasteiger partial charge in [0.1, 0.15) is 0 Å². The van der Waals surface area contributed by atoms with Crippen molar-refractivity contribution >= 4 is 12.4 Å². The van der Waals surface area contributed by atoms with Crippen molar-refractivity contribution in [1.29, 1.82) is 0 Å². The predicted octanol–water partition coefficient (Wildman–Crippen LogP) is -0.119. The molecule has 0 aromatic carbocycles. The maximum atomic E-state index is 10.2. The molecule has 3 N–H and O–H groups in total. The van der Waals surface area contributed by atoms with E-state index in [1.807, 2.05) is 0 Å². The highest BCUT2D eigenvalue weighted by atomic mass is 16.4. The van der Waals surface area contributed by atoms with Gasteiger partial charge in [0.05, 0.1) is 5.56 Å². The number of carboxylic acid groups (broad SMARTS) is 1. The molecule has 0 aliphatic heterocycles. The quantitative estimate of drug-likeness (QED) is 0.571. The lowest BCUT2D eigenvalue weighted by molar-refractivity contribution is -0.106. The standard InChI is InChI=1S/C6H5NO2.CH3NO/c8-6(9)5-1-3-7-4-2-5;2-1-3/h1-4H,(H,8,9);1H,(H2,2,3). The fourth-order valence-electron chi connectivity index (χ4n) is 0.494. The van der Waals surface area contributed by atoms with E-state index >= 15 is 0 Å². The van der Waals surface area contributed by atoms with Crippen LogP contribution in [0.1, 0.15) is 10.4 Å². The van der Waals surface area contributed by atoms with Gasteiger partial charge in [-0.25, -0.2) is 4.79 Å². The Morgan fingerprint density at radius 1 is 1.50 bits per heavy atom. The Hall–Kier alpha value is -1.91. The molecule has 0 aliphatic rings. The molecule has 0 fully saturated rings. The number of primary amides is 1. The fraction of sp³-hybridized carbons (Fsp3) is 0. The monoisotopic (exact) mass is 168 g/mol. The molecule has 5 heteroatoms. The van der Waals surface area contributed by atoms with Gasteiger partial charge in [-0.3, -0.25) is 9.78 Å². The molecular weight excluding hydrogens is 160 g/mol. The van der Waals surface area contributed by atoms with Crippen molar-refractivity contribution < 1.29 is 14.7 Å². The van der Waals surface area contributed by atoms with Crippen molar-refractivity contribution in [2.45, 2.75) is 0 Å². The molecule has 0 spiro atoms. The van der Waals surface area contributed by atoms with Crippen LogP contribution in [-0.4, -0.2) is 22.5 Å². The van der Waals surface area contributed by atoms with Gasteiger partial charge < -0.3 is 10.8 Å². The summed E-state index contributed by atoms with van der Waals surface area (Å²) in [6, 6.07) is 2.89. The lowest BCUT2D eigenvalue weighted by Gasteiger charge is -1.87. The summed E-state index contributed by atoms with van der Waals surface area (Å²) < 4.78 is 0. The van der Waals surface area contributed by atoms with E-state index in [-0.39, 0.29) is 12.0 Å². The Morgan fingerprint density at radius 3 is 2.17 bits per heavy atom. The number of hydrogen-bond donors (Lipinski definition) is 2. The summed E-state index contributed by atoms with van der Waals surface area (Å²) in [6.07, 6.45) is 3.15. The molecule has 0 saturated heterocycles. The minimum atomic E-state index is -0.919. The van der Waals surface area contributed by atoms with Gasteiger partial charge in [0.2, 0.25) is 6.41 Å². The number of aromatic carboxylic acids is 1. The minimum Gasteiger partial charge on any atom is -0.478 e. The van der Waals surface area contributed by atoms with Crippen LogP contribution in [0.5, 0.6) is 0 Å². The summed E-state index contributed by atoms with van der Waals surface area (Å²) in [5, 5.41) is 8.36. The number of nitrogens with two attached hydrogens (primary N) is 1. The Morgan fingerprint density at radius 2 is 1.92 bits per heavy atom. The smallest absolute Gasteiger partial charge is 0.335 e. The second-order valence-corrected chi connectivity index (χ2v) is 1.68. The van der Waals surface area contributed by atoms with E-state index in [1.165, 1.54) is 24.5 Å². The third kappa shape index (κ3) is 3.99. The van der Waals surface area contributed by atoms with Crippen LogP contribution in [0.15, 0.2) is 24.5 Å². The lowest BCUT2D eigenvalue weighted by atomic mass is 10.3. The number of carbonyl (C=O) groups is 2. The molecule has 0 saturated carbocycles. The average Bonchev–Trinajstić information content (AvgIpc) is 2.07. The molecule has 5 nitrogen and oxygen atoms in total. The highest BCUT2D eigenvalue weighted by Crippen LogP contribution is 1.93. The van der Waals surface area contributed by atoms with Crippen LogP contribution in [0.25, 0.3) is 0 Å². The summed E-state index contributed by atoms with van der Waals surface area (Å²) in [5.41, 5.74) is 4.44. The van der Waals surface area contributed by atoms with Crippen LogP contribution in [0.3, 0.4) is 0 Å². The van der Waals surface area contributed by atoms with E-state index in [9.17, 15) is 4.79 Å². The van der Waals surface area contributed by atoms with E-state index in [0.29, 0.717) is 0 Å². The SMILES string of the molecule is NC=O.O=C(O)c1ccncc1. The fourth-order valence-corrected chi connectivity index (χ4v) is 0.494. The molecule has 1 heterocycles. The molecule has 1 aromatic heterocycles. The summed E-state index contributed by atoms with van der Waals surface area (Å²) in [5.74, 6) is -0.919. The van der Waals surface area contributed by atoms with Crippen LogP contribution in [0.2, 0.25) is 0 Å². The van der Waals surface area contributed by atoms with E-state index in [1.54, 1.807) is 0 Å². The summed E-state index contributed by atoms with van der Waals surface area (Å²) in [7, 11) is 0. The zero-order chi connectivity index (χ0) is 9.40. The Labute approximate surface area is 68.8 Å². The molecule has 1 amide bonds. The summed E-state index contributed by atoms with van der Waals surface area (Å²) in [6.45, 7) is 0. The van der Waals surface area contributed by atoms with E-state index in [4.69, 9.17) is 9.90 Å². The van der Waals surface area contributed by atoms with E-state index in [0.717, 1.165) is 0 Å². The first-order chi connectivity index (χ1) is 5.72. The molecule has 1 aromatic rings. The number of carboxylic acids is 1. The first-order valence-electron chi connectivity index (χ1n) is 3.01. The summed E-state index contributed by atoms with van der Waals surface area (Å²) >= 11 is 0. The Kier molecular flexibility index (Phi) is 4.91. The lowest BCUT2D eigenvalue weighted by Crippen LogP contribution is -1.94. The number of rotatable bonds is 1. The van der Waals surface area contributed by atoms with Gasteiger partial charge in [0.25, 0.3) is 0 Å². The third-order valence-electron chi connectivity index (χ3n) is 0.927. The molecule has 12 heavy (non-hydrogen) atoms. The zero-order valence-corrected chi connectivity index (χ0v) is 6.18. The maximum Gasteiger partial charge on any atom is 0.335 e. The van der Waals surface area contributed by atoms with Crippen molar-refractivity contribution in [2.75, 3.05) is 0 Å². The minimum absolute atomic E-state index is 0.250. The molecular formula is C7H8N2O3. The number of pyridine rings is 1. The highest BCUT2D eigenvalue weighted by molar-refractivity contribution is 5.87. The maximum absolute atomic E-state index is 10.2. The van der Waals surface area contributed by atoms with Crippen LogP contribution >= 0.6 is 0 Å². The van der Waals surface area contributed by atoms with Crippen molar-refractivity contribution in [3.05, 3.63) is 30.1 Å². The molecule has 0 bridgehead atoms. The number of carbonyl (C=O) groups excluding carboxylic acids is 1. The second-order valence-electron chi connectivity index (χ2n) is 1.68. The van der Waals surface area contributed by atoms with Gasteiger partial charge in [-0.15, -0.1) is 0 Å². The van der Waals surface area contributed by atoms with Gasteiger partial charge in [0.15, 0.2) is 0 Å². The molecule has 0 unspecified atom stereocenters. The zero-order valence-electron chi connectivity index (χ0n) is 6.18. The van der Waals surface area contributed by atoms with Gasteiger partial charge in [-0.1, -0.05) is 0 Å². The van der Waals surface area contributed by atoms with Crippen LogP contribution in [0, 0.1) is 0 Å². The number of hydrogen-bond acceptors (Lipinski definition) is 3. The van der Waals surface area contributed by atoms with Crippen molar-refractivity contribution in [3.8, 4) is 0 Å². The predicted molar refractivity (Wildman–Crippen MR) is 41.4 cm³/mol. The first-order valence-corrected chi connectivity index (χ1v) is 3.01. The van der Waals surface area contributed by atoms with Gasteiger partial charge in [0, 0.05) is 12.4 Å². The second kappa shape index (κ2) is 5.84. The van der Waals surface area contributed by atoms with E-state index < -0.39 is 5.97 Å². The van der Waals surface area contributed by atoms with Crippen molar-refractivity contribution in [1.82, 2.24) is 4.98 Å². The molecule has 1 rings (SSSR count). The largest absolute Gasteiger partial charge is 0.478 e. The topological polar surface area (TPSA) is 93.3 Å². The Bertz CT molecular complexity index is 248. The van der Waals surface area contributed by atoms with Crippen LogP contribution < -0.4 is 5.73 Å². The van der Waals surface area contributed by atoms with Gasteiger partial charge >= 0.3 is 5.97 Å². The summed E-state index contributed by atoms with van der Waals surface area (Å²) in [4.78, 5) is 22.4. The van der Waals surface area contributed by atoms with E-state index in [2.05, 4.69) is 10.7 Å². The van der Waals surface area contributed by atoms with Crippen molar-refractivity contribution in [2.24, 2.45) is 5.73 Å². The molecule has 0 radical (unpaired) electrons. The van der Waals surface area contributed by atoms with Gasteiger partial charge in [-0.05, 0) is 12.1 Å². The number of nitrogens with zero attached hydrogens (tertiary/aromatic N) is 1. The van der Waals surface area contributed by atoms with Crippen LogP contribution in [-0.2, 0) is 4.79 Å². The Balaban J connectivity index is 0.000000354. The third-order valence-corrected chi connectivity index (χ3v) is 0.927. The number of aromatic nitrogens is 1. The van der Waals surface area contributed by atoms with Crippen molar-refractivity contribution in [3.63, 3.8) is 0 Å². The van der Waals surface area contributed by atoms with Crippen LogP contribution in [0.4, 0.5) is 0 Å². The number of amides is 1. The molecule has 64 valence electrons. The highest BCUT2D eigenvalue weighted by Gasteiger charge is 1.97. The average molecular weight is 168 g/mol. The molecule has 0 aliphatic carbocycles. The first kappa shape index (κ1) is 10.1. The molecule has 0 atom stereocenters.